The van der Waals surface area contributed by atoms with Gasteiger partial charge >= 0.3 is 0 Å². The third-order valence-corrected chi connectivity index (χ3v) is 4.25. The molecule has 6 heteroatoms. The van der Waals surface area contributed by atoms with Crippen LogP contribution < -0.4 is 14.8 Å². The van der Waals surface area contributed by atoms with Crippen LogP contribution in [0.3, 0.4) is 0 Å². The second kappa shape index (κ2) is 6.81. The van der Waals surface area contributed by atoms with Crippen molar-refractivity contribution in [2.24, 2.45) is 5.92 Å². The highest BCUT2D eigenvalue weighted by molar-refractivity contribution is 9.10. The molecule has 0 aromatic heterocycles. The van der Waals surface area contributed by atoms with E-state index in [1.807, 2.05) is 13.8 Å². The quantitative estimate of drug-likeness (QED) is 0.881. The fourth-order valence-electron chi connectivity index (χ4n) is 1.61. The Labute approximate surface area is 133 Å². The molecule has 1 amide bonds. The molecule has 0 unspecified atom stereocenters. The van der Waals surface area contributed by atoms with Crippen molar-refractivity contribution in [1.82, 2.24) is 5.32 Å². The SMILES string of the molecule is COc1cc(C(=O)N[C@](C)(C#N)C(C)C)cc(OC)c1Br. The number of ether oxygens (including phenoxy) is 2. The van der Waals surface area contributed by atoms with E-state index in [1.54, 1.807) is 19.1 Å². The average Bonchev–Trinajstić information content (AvgIpc) is 2.46. The van der Waals surface area contributed by atoms with Gasteiger partial charge in [-0.3, -0.25) is 4.79 Å². The molecule has 0 heterocycles. The third-order valence-electron chi connectivity index (χ3n) is 3.47. The molecular weight excluding hydrogens is 336 g/mol. The zero-order chi connectivity index (χ0) is 16.2. The van der Waals surface area contributed by atoms with Gasteiger partial charge in [-0.2, -0.15) is 5.26 Å². The van der Waals surface area contributed by atoms with Gasteiger partial charge in [0.1, 0.15) is 21.5 Å². The van der Waals surface area contributed by atoms with Crippen LogP contribution in [0.1, 0.15) is 31.1 Å². The van der Waals surface area contributed by atoms with E-state index >= 15 is 0 Å². The summed E-state index contributed by atoms with van der Waals surface area (Å²) in [7, 11) is 3.02. The smallest absolute Gasteiger partial charge is 0.252 e. The lowest BCUT2D eigenvalue weighted by molar-refractivity contribution is 0.0907. The molecule has 0 saturated carbocycles. The molecule has 1 aromatic carbocycles. The summed E-state index contributed by atoms with van der Waals surface area (Å²) in [5.41, 5.74) is -0.570. The highest BCUT2D eigenvalue weighted by Crippen LogP contribution is 2.35. The van der Waals surface area contributed by atoms with Gasteiger partial charge in [0, 0.05) is 5.56 Å². The van der Waals surface area contributed by atoms with E-state index in [0.29, 0.717) is 21.5 Å². The van der Waals surface area contributed by atoms with Crippen molar-refractivity contribution in [3.05, 3.63) is 22.2 Å². The van der Waals surface area contributed by atoms with Gasteiger partial charge in [-0.1, -0.05) is 13.8 Å². The van der Waals surface area contributed by atoms with Crippen molar-refractivity contribution in [2.75, 3.05) is 14.2 Å². The summed E-state index contributed by atoms with van der Waals surface area (Å²) in [5.74, 6) is 0.605. The Bertz CT molecular complexity index is 556. The number of nitrogens with zero attached hydrogens (tertiary/aromatic N) is 1. The van der Waals surface area contributed by atoms with Crippen molar-refractivity contribution >= 4 is 21.8 Å². The minimum Gasteiger partial charge on any atom is -0.495 e. The van der Waals surface area contributed by atoms with E-state index in [-0.39, 0.29) is 11.8 Å². The minimum absolute atomic E-state index is 0.0225. The lowest BCUT2D eigenvalue weighted by Crippen LogP contribution is -2.48. The van der Waals surface area contributed by atoms with Crippen LogP contribution in [0.2, 0.25) is 0 Å². The largest absolute Gasteiger partial charge is 0.495 e. The Balaban J connectivity index is 3.17. The van der Waals surface area contributed by atoms with Gasteiger partial charge in [0.25, 0.3) is 5.91 Å². The van der Waals surface area contributed by atoms with Crippen LogP contribution in [0.5, 0.6) is 11.5 Å². The van der Waals surface area contributed by atoms with Crippen molar-refractivity contribution in [2.45, 2.75) is 26.3 Å². The van der Waals surface area contributed by atoms with Gasteiger partial charge in [0.05, 0.1) is 20.3 Å². The first-order valence-electron chi connectivity index (χ1n) is 6.44. The fourth-order valence-corrected chi connectivity index (χ4v) is 2.16. The molecule has 1 atom stereocenters. The van der Waals surface area contributed by atoms with Crippen molar-refractivity contribution in [3.8, 4) is 17.6 Å². The Kier molecular flexibility index (Phi) is 5.62. The zero-order valence-corrected chi connectivity index (χ0v) is 14.4. The number of carbonyl (C=O) groups excluding carboxylic acids is 1. The molecule has 0 spiro atoms. The number of halogens is 1. The number of rotatable bonds is 5. The molecule has 5 nitrogen and oxygen atoms in total. The molecule has 0 aliphatic carbocycles. The second-order valence-corrected chi connectivity index (χ2v) is 5.91. The number of carbonyl (C=O) groups is 1. The van der Waals surface area contributed by atoms with Crippen molar-refractivity contribution < 1.29 is 14.3 Å². The second-order valence-electron chi connectivity index (χ2n) is 5.12. The summed E-state index contributed by atoms with van der Waals surface area (Å²) < 4.78 is 11.1. The number of benzene rings is 1. The van der Waals surface area contributed by atoms with Gasteiger partial charge in [-0.25, -0.2) is 0 Å². The summed E-state index contributed by atoms with van der Waals surface area (Å²) in [6.07, 6.45) is 0. The third kappa shape index (κ3) is 3.67. The first-order chi connectivity index (χ1) is 9.78. The van der Waals surface area contributed by atoms with E-state index in [1.165, 1.54) is 14.2 Å². The van der Waals surface area contributed by atoms with Gasteiger partial charge in [-0.05, 0) is 40.9 Å². The van der Waals surface area contributed by atoms with E-state index < -0.39 is 5.54 Å². The maximum absolute atomic E-state index is 12.4. The number of hydrogen-bond acceptors (Lipinski definition) is 4. The molecule has 0 aliphatic heterocycles. The topological polar surface area (TPSA) is 71.3 Å². The highest BCUT2D eigenvalue weighted by Gasteiger charge is 2.30. The maximum Gasteiger partial charge on any atom is 0.252 e. The zero-order valence-electron chi connectivity index (χ0n) is 12.8. The highest BCUT2D eigenvalue weighted by atomic mass is 79.9. The normalized spacial score (nSPS) is 13.2. The predicted molar refractivity (Wildman–Crippen MR) is 83.6 cm³/mol. The van der Waals surface area contributed by atoms with Gasteiger partial charge in [0.2, 0.25) is 0 Å². The standard InChI is InChI=1S/C15H19BrN2O3/c1-9(2)15(3,8-17)18-14(19)10-6-11(20-4)13(16)12(7-10)21-5/h6-7,9H,1-5H3,(H,18,19)/t15-/m1/s1. The van der Waals surface area contributed by atoms with E-state index in [9.17, 15) is 10.1 Å². The summed E-state index contributed by atoms with van der Waals surface area (Å²) in [6.45, 7) is 5.46. The Morgan fingerprint density at radius 3 is 2.14 bits per heavy atom. The fraction of sp³-hybridized carbons (Fsp3) is 0.467. The molecule has 0 saturated heterocycles. The molecule has 114 valence electrons. The van der Waals surface area contributed by atoms with E-state index in [0.717, 1.165) is 0 Å². The van der Waals surface area contributed by atoms with Crippen LogP contribution in [0.25, 0.3) is 0 Å². The summed E-state index contributed by atoms with van der Waals surface area (Å²) in [4.78, 5) is 12.4. The minimum atomic E-state index is -0.940. The number of nitrogens with one attached hydrogen (secondary N) is 1. The molecule has 0 fully saturated rings. The first kappa shape index (κ1) is 17.3. The molecule has 21 heavy (non-hydrogen) atoms. The Morgan fingerprint density at radius 2 is 1.81 bits per heavy atom. The monoisotopic (exact) mass is 354 g/mol. The van der Waals surface area contributed by atoms with Gasteiger partial charge in [-0.15, -0.1) is 0 Å². The van der Waals surface area contributed by atoms with Gasteiger partial charge in [0.15, 0.2) is 0 Å². The molecule has 1 N–H and O–H groups in total. The molecule has 0 bridgehead atoms. The number of methoxy groups -OCH3 is 2. The van der Waals surface area contributed by atoms with Crippen LogP contribution in [0, 0.1) is 17.2 Å². The predicted octanol–water partition coefficient (Wildman–Crippen LogP) is 3.13. The number of hydrogen-bond donors (Lipinski definition) is 1. The lowest BCUT2D eigenvalue weighted by Gasteiger charge is -2.27. The van der Waals surface area contributed by atoms with Crippen LogP contribution in [-0.2, 0) is 0 Å². The molecule has 0 aliphatic rings. The Morgan fingerprint density at radius 1 is 1.33 bits per heavy atom. The first-order valence-corrected chi connectivity index (χ1v) is 7.23. The number of nitriles is 1. The lowest BCUT2D eigenvalue weighted by atomic mass is 9.89. The number of amides is 1. The van der Waals surface area contributed by atoms with Crippen LogP contribution in [0.15, 0.2) is 16.6 Å². The van der Waals surface area contributed by atoms with Gasteiger partial charge < -0.3 is 14.8 Å². The van der Waals surface area contributed by atoms with Crippen molar-refractivity contribution in [3.63, 3.8) is 0 Å². The molecular formula is C15H19BrN2O3. The maximum atomic E-state index is 12.4. The Hall–Kier alpha value is -1.74. The molecule has 0 radical (unpaired) electrons. The molecule has 1 rings (SSSR count). The summed E-state index contributed by atoms with van der Waals surface area (Å²) >= 11 is 3.35. The van der Waals surface area contributed by atoms with Crippen LogP contribution >= 0.6 is 15.9 Å². The van der Waals surface area contributed by atoms with Crippen LogP contribution in [-0.4, -0.2) is 25.7 Å². The van der Waals surface area contributed by atoms with Crippen LogP contribution in [0.4, 0.5) is 0 Å². The van der Waals surface area contributed by atoms with E-state index in [4.69, 9.17) is 9.47 Å². The van der Waals surface area contributed by atoms with E-state index in [2.05, 4.69) is 27.3 Å². The summed E-state index contributed by atoms with van der Waals surface area (Å²) in [6, 6.07) is 5.34. The molecule has 1 aromatic rings. The average molecular weight is 355 g/mol. The van der Waals surface area contributed by atoms with Crippen molar-refractivity contribution in [1.29, 1.82) is 5.26 Å². The summed E-state index contributed by atoms with van der Waals surface area (Å²) in [5, 5.41) is 12.0.